The molecule has 2 aliphatic carbocycles. The van der Waals surface area contributed by atoms with Gasteiger partial charge in [0.15, 0.2) is 0 Å². The largest absolute Gasteiger partial charge is 0.305 e. The maximum Gasteiger partial charge on any atom is 0.305 e. The summed E-state index contributed by atoms with van der Waals surface area (Å²) in [4.78, 5) is 0. The predicted molar refractivity (Wildman–Crippen MR) is 57.8 cm³/mol. The van der Waals surface area contributed by atoms with Gasteiger partial charge in [0.25, 0.3) is 0 Å². The smallest absolute Gasteiger partial charge is 0.195 e. The van der Waals surface area contributed by atoms with Gasteiger partial charge in [-0.05, 0) is 37.5 Å². The standard InChI is InChI=1S/C11H19FO2S/c12-15(13,14)10-5-4-8-11(9-10)6-2-1-3-7-11/h10H,1-9H2. The molecule has 4 heteroatoms. The first-order valence-electron chi connectivity index (χ1n) is 5.95. The Labute approximate surface area is 91.5 Å². The number of hydrogen-bond acceptors (Lipinski definition) is 2. The van der Waals surface area contributed by atoms with E-state index in [1.807, 2.05) is 0 Å². The molecule has 1 atom stereocenters. The summed E-state index contributed by atoms with van der Waals surface area (Å²) in [5, 5.41) is -0.704. The Kier molecular flexibility index (Phi) is 3.06. The minimum absolute atomic E-state index is 0.167. The summed E-state index contributed by atoms with van der Waals surface area (Å²) >= 11 is 0. The predicted octanol–water partition coefficient (Wildman–Crippen LogP) is 3.18. The summed E-state index contributed by atoms with van der Waals surface area (Å²) in [5.41, 5.74) is 0.167. The molecule has 2 nitrogen and oxygen atoms in total. The molecule has 1 unspecified atom stereocenters. The Morgan fingerprint density at radius 1 is 1.00 bits per heavy atom. The van der Waals surface area contributed by atoms with Crippen molar-refractivity contribution in [3.8, 4) is 0 Å². The summed E-state index contributed by atoms with van der Waals surface area (Å²) < 4.78 is 34.9. The van der Waals surface area contributed by atoms with Crippen LogP contribution >= 0.6 is 0 Å². The molecule has 88 valence electrons. The maximum atomic E-state index is 13.0. The highest BCUT2D eigenvalue weighted by Gasteiger charge is 2.41. The summed E-state index contributed by atoms with van der Waals surface area (Å²) in [5.74, 6) is 0. The van der Waals surface area contributed by atoms with Gasteiger partial charge in [-0.25, -0.2) is 0 Å². The third-order valence-corrected chi connectivity index (χ3v) is 5.40. The Hall–Kier alpha value is -0.120. The minimum Gasteiger partial charge on any atom is -0.195 e. The fourth-order valence-corrected chi connectivity index (χ4v) is 4.39. The van der Waals surface area contributed by atoms with Gasteiger partial charge in [-0.1, -0.05) is 25.7 Å². The summed E-state index contributed by atoms with van der Waals surface area (Å²) in [6.45, 7) is 0. The molecule has 0 N–H and O–H groups in total. The molecule has 15 heavy (non-hydrogen) atoms. The average molecular weight is 234 g/mol. The van der Waals surface area contributed by atoms with Crippen LogP contribution in [0.5, 0.6) is 0 Å². The zero-order valence-corrected chi connectivity index (χ0v) is 9.86. The van der Waals surface area contributed by atoms with Crippen molar-refractivity contribution in [2.45, 2.75) is 63.0 Å². The van der Waals surface area contributed by atoms with Crippen LogP contribution in [-0.2, 0) is 10.2 Å². The highest BCUT2D eigenvalue weighted by molar-refractivity contribution is 7.87. The van der Waals surface area contributed by atoms with Gasteiger partial charge in [0.2, 0.25) is 0 Å². The lowest BCUT2D eigenvalue weighted by Gasteiger charge is -2.42. The van der Waals surface area contributed by atoms with E-state index in [4.69, 9.17) is 0 Å². The molecule has 0 aromatic rings. The van der Waals surface area contributed by atoms with Crippen LogP contribution in [0.25, 0.3) is 0 Å². The molecule has 2 aliphatic rings. The number of rotatable bonds is 1. The van der Waals surface area contributed by atoms with Gasteiger partial charge in [0, 0.05) is 0 Å². The molecule has 2 saturated carbocycles. The molecule has 0 amide bonds. The van der Waals surface area contributed by atoms with Crippen molar-refractivity contribution in [3.05, 3.63) is 0 Å². The van der Waals surface area contributed by atoms with E-state index in [9.17, 15) is 12.3 Å². The van der Waals surface area contributed by atoms with Gasteiger partial charge in [0.05, 0.1) is 5.25 Å². The van der Waals surface area contributed by atoms with E-state index in [2.05, 4.69) is 0 Å². The normalized spacial score (nSPS) is 31.7. The van der Waals surface area contributed by atoms with E-state index in [0.717, 1.165) is 25.7 Å². The van der Waals surface area contributed by atoms with Crippen LogP contribution in [0, 0.1) is 5.41 Å². The molecule has 2 fully saturated rings. The Bertz CT molecular complexity index is 312. The first-order valence-corrected chi connectivity index (χ1v) is 7.40. The molecule has 2 rings (SSSR count). The molecule has 1 spiro atoms. The van der Waals surface area contributed by atoms with Crippen molar-refractivity contribution in [3.63, 3.8) is 0 Å². The topological polar surface area (TPSA) is 34.1 Å². The molecule has 0 bridgehead atoms. The second kappa shape index (κ2) is 4.04. The molecule has 0 heterocycles. The van der Waals surface area contributed by atoms with E-state index in [-0.39, 0.29) is 5.41 Å². The highest BCUT2D eigenvalue weighted by atomic mass is 32.3. The SMILES string of the molecule is O=S(=O)(F)C1CCCC2(CCCCC2)C1. The minimum atomic E-state index is -4.30. The van der Waals surface area contributed by atoms with Crippen LogP contribution in [0.1, 0.15) is 57.8 Å². The van der Waals surface area contributed by atoms with Gasteiger partial charge in [0.1, 0.15) is 0 Å². The van der Waals surface area contributed by atoms with Crippen LogP contribution in [0.15, 0.2) is 0 Å². The lowest BCUT2D eigenvalue weighted by Crippen LogP contribution is -2.35. The third kappa shape index (κ3) is 2.52. The van der Waals surface area contributed by atoms with Gasteiger partial charge in [-0.3, -0.25) is 0 Å². The Morgan fingerprint density at radius 2 is 1.60 bits per heavy atom. The second-order valence-corrected chi connectivity index (χ2v) is 6.87. The maximum absolute atomic E-state index is 13.0. The lowest BCUT2D eigenvalue weighted by molar-refractivity contribution is 0.125. The molecular weight excluding hydrogens is 215 g/mol. The Morgan fingerprint density at radius 3 is 2.20 bits per heavy atom. The monoisotopic (exact) mass is 234 g/mol. The van der Waals surface area contributed by atoms with Crippen molar-refractivity contribution in [1.29, 1.82) is 0 Å². The third-order valence-electron chi connectivity index (χ3n) is 4.21. The summed E-state index contributed by atoms with van der Waals surface area (Å²) in [7, 11) is -4.30. The molecule has 0 saturated heterocycles. The first-order chi connectivity index (χ1) is 7.02. The van der Waals surface area contributed by atoms with E-state index >= 15 is 0 Å². The van der Waals surface area contributed by atoms with Crippen molar-refractivity contribution < 1.29 is 12.3 Å². The van der Waals surface area contributed by atoms with Crippen molar-refractivity contribution in [2.75, 3.05) is 0 Å². The number of hydrogen-bond donors (Lipinski definition) is 0. The molecule has 0 aromatic carbocycles. The lowest BCUT2D eigenvalue weighted by atomic mass is 9.65. The first kappa shape index (κ1) is 11.4. The zero-order valence-electron chi connectivity index (χ0n) is 9.04. The van der Waals surface area contributed by atoms with Gasteiger partial charge in [-0.15, -0.1) is 3.89 Å². The van der Waals surface area contributed by atoms with E-state index in [1.165, 1.54) is 19.3 Å². The van der Waals surface area contributed by atoms with Crippen LogP contribution in [0.3, 0.4) is 0 Å². The van der Waals surface area contributed by atoms with Crippen molar-refractivity contribution in [2.24, 2.45) is 5.41 Å². The highest BCUT2D eigenvalue weighted by Crippen LogP contribution is 2.48. The van der Waals surface area contributed by atoms with Crippen molar-refractivity contribution in [1.82, 2.24) is 0 Å². The van der Waals surface area contributed by atoms with Gasteiger partial charge in [-0.2, -0.15) is 8.42 Å². The quantitative estimate of drug-likeness (QED) is 0.653. The molecular formula is C11H19FO2S. The van der Waals surface area contributed by atoms with Gasteiger partial charge < -0.3 is 0 Å². The summed E-state index contributed by atoms with van der Waals surface area (Å²) in [6, 6.07) is 0. The zero-order chi connectivity index (χ0) is 10.9. The average Bonchev–Trinajstić information content (AvgIpc) is 2.18. The fourth-order valence-electron chi connectivity index (χ4n) is 3.39. The van der Waals surface area contributed by atoms with Gasteiger partial charge >= 0.3 is 10.2 Å². The molecule has 0 radical (unpaired) electrons. The Balaban J connectivity index is 2.09. The fraction of sp³-hybridized carbons (Fsp3) is 1.00. The second-order valence-electron chi connectivity index (χ2n) is 5.25. The molecule has 0 aliphatic heterocycles. The van der Waals surface area contributed by atoms with Crippen LogP contribution < -0.4 is 0 Å². The van der Waals surface area contributed by atoms with E-state index in [0.29, 0.717) is 12.8 Å². The van der Waals surface area contributed by atoms with Crippen LogP contribution in [-0.4, -0.2) is 13.7 Å². The van der Waals surface area contributed by atoms with Crippen LogP contribution in [0.4, 0.5) is 3.89 Å². The number of halogens is 1. The van der Waals surface area contributed by atoms with Crippen molar-refractivity contribution >= 4 is 10.2 Å². The van der Waals surface area contributed by atoms with Crippen LogP contribution in [0.2, 0.25) is 0 Å². The molecule has 0 aromatic heterocycles. The summed E-state index contributed by atoms with van der Waals surface area (Å²) in [6.07, 6.45) is 8.96. The van der Waals surface area contributed by atoms with E-state index < -0.39 is 15.5 Å². The van der Waals surface area contributed by atoms with E-state index in [1.54, 1.807) is 0 Å².